The van der Waals surface area contributed by atoms with Gasteiger partial charge < -0.3 is 10.1 Å². The van der Waals surface area contributed by atoms with Gasteiger partial charge in [0.25, 0.3) is 0 Å². The molecule has 4 rings (SSSR count). The summed E-state index contributed by atoms with van der Waals surface area (Å²) in [6.45, 7) is 9.62. The molecule has 1 N–H and O–H groups in total. The van der Waals surface area contributed by atoms with Gasteiger partial charge in [0.1, 0.15) is 5.75 Å². The van der Waals surface area contributed by atoms with E-state index in [4.69, 9.17) is 4.74 Å². The number of hydrogen-bond donors (Lipinski definition) is 1. The number of nitrogens with one attached hydrogen (secondary N) is 1. The van der Waals surface area contributed by atoms with Crippen molar-refractivity contribution in [3.8, 4) is 5.75 Å². The Bertz CT molecular complexity index is 856. The first-order chi connectivity index (χ1) is 13.5. The van der Waals surface area contributed by atoms with E-state index in [0.29, 0.717) is 11.8 Å². The third-order valence-corrected chi connectivity index (χ3v) is 6.84. The first-order valence-electron chi connectivity index (χ1n) is 10.7. The zero-order valence-electron chi connectivity index (χ0n) is 17.6. The van der Waals surface area contributed by atoms with Crippen molar-refractivity contribution in [1.82, 2.24) is 5.32 Å². The summed E-state index contributed by atoms with van der Waals surface area (Å²) >= 11 is 0. The van der Waals surface area contributed by atoms with E-state index in [1.165, 1.54) is 47.9 Å². The highest BCUT2D eigenvalue weighted by molar-refractivity contribution is 5.52. The fraction of sp³-hybridized carbons (Fsp3) is 0.462. The molecule has 0 heterocycles. The summed E-state index contributed by atoms with van der Waals surface area (Å²) in [7, 11) is 1.79. The highest BCUT2D eigenvalue weighted by Gasteiger charge is 2.40. The molecule has 3 atom stereocenters. The van der Waals surface area contributed by atoms with Gasteiger partial charge >= 0.3 is 0 Å². The highest BCUT2D eigenvalue weighted by atomic mass is 16.5. The van der Waals surface area contributed by atoms with Gasteiger partial charge in [-0.1, -0.05) is 35.9 Å². The minimum absolute atomic E-state index is 0.0178. The maximum absolute atomic E-state index is 5.74. The third kappa shape index (κ3) is 3.63. The van der Waals surface area contributed by atoms with Crippen molar-refractivity contribution < 1.29 is 4.74 Å². The van der Waals surface area contributed by atoms with E-state index in [0.717, 1.165) is 18.7 Å². The smallest absolute Gasteiger partial charge is 0.119 e. The predicted molar refractivity (Wildman–Crippen MR) is 117 cm³/mol. The van der Waals surface area contributed by atoms with Crippen LogP contribution in [0.2, 0.25) is 0 Å². The molecular formula is C26H33NO. The molecule has 2 nitrogen and oxygen atoms in total. The van der Waals surface area contributed by atoms with Crippen LogP contribution in [0.25, 0.3) is 0 Å². The largest absolute Gasteiger partial charge is 0.497 e. The first-order valence-corrected chi connectivity index (χ1v) is 10.7. The van der Waals surface area contributed by atoms with E-state index in [1.807, 2.05) is 0 Å². The quantitative estimate of drug-likeness (QED) is 0.588. The Balaban J connectivity index is 1.73. The Kier molecular flexibility index (Phi) is 5.33. The van der Waals surface area contributed by atoms with E-state index in [2.05, 4.69) is 68.2 Å². The fourth-order valence-electron chi connectivity index (χ4n) is 5.31. The molecule has 28 heavy (non-hydrogen) atoms. The van der Waals surface area contributed by atoms with Crippen LogP contribution < -0.4 is 10.1 Å². The molecule has 0 fully saturated rings. The molecule has 2 aliphatic carbocycles. The van der Waals surface area contributed by atoms with Gasteiger partial charge in [0.05, 0.1) is 7.11 Å². The number of methoxy groups -OCH3 is 1. The van der Waals surface area contributed by atoms with Crippen LogP contribution in [-0.4, -0.2) is 7.11 Å². The molecule has 0 unspecified atom stereocenters. The maximum Gasteiger partial charge on any atom is 0.119 e. The van der Waals surface area contributed by atoms with Crippen molar-refractivity contribution in [2.75, 3.05) is 7.11 Å². The van der Waals surface area contributed by atoms with Crippen molar-refractivity contribution in [2.24, 2.45) is 0 Å². The van der Waals surface area contributed by atoms with Gasteiger partial charge in [-0.3, -0.25) is 0 Å². The number of benzene rings is 2. The lowest BCUT2D eigenvalue weighted by Crippen LogP contribution is -2.43. The molecule has 2 heteroatoms. The predicted octanol–water partition coefficient (Wildman–Crippen LogP) is 6.42. The molecule has 2 aliphatic rings. The van der Waals surface area contributed by atoms with Crippen molar-refractivity contribution in [1.29, 1.82) is 0 Å². The Hall–Kier alpha value is -2.06. The molecule has 148 valence electrons. The van der Waals surface area contributed by atoms with E-state index in [1.54, 1.807) is 12.7 Å². The Morgan fingerprint density at radius 2 is 1.96 bits per heavy atom. The second-order valence-corrected chi connectivity index (χ2v) is 9.02. The number of hydrogen-bond acceptors (Lipinski definition) is 2. The molecule has 2 aromatic carbocycles. The molecule has 0 radical (unpaired) electrons. The molecule has 0 aromatic heterocycles. The van der Waals surface area contributed by atoms with Crippen LogP contribution in [0.1, 0.15) is 80.0 Å². The Labute approximate surface area is 170 Å². The fourth-order valence-corrected chi connectivity index (χ4v) is 5.31. The maximum atomic E-state index is 5.74. The summed E-state index contributed by atoms with van der Waals surface area (Å²) in [5, 5.41) is 3.90. The Morgan fingerprint density at radius 1 is 1.18 bits per heavy atom. The van der Waals surface area contributed by atoms with Gasteiger partial charge in [-0.2, -0.15) is 0 Å². The molecule has 0 amide bonds. The van der Waals surface area contributed by atoms with Crippen molar-refractivity contribution in [3.63, 3.8) is 0 Å². The lowest BCUT2D eigenvalue weighted by Gasteiger charge is -2.45. The van der Waals surface area contributed by atoms with Crippen LogP contribution in [0.3, 0.4) is 0 Å². The number of ether oxygens (including phenoxy) is 1. The number of allylic oxidation sites excluding steroid dienone is 1. The van der Waals surface area contributed by atoms with Crippen LogP contribution in [0.4, 0.5) is 0 Å². The molecule has 0 bridgehead atoms. The lowest BCUT2D eigenvalue weighted by molar-refractivity contribution is 0.274. The third-order valence-electron chi connectivity index (χ3n) is 6.84. The minimum Gasteiger partial charge on any atom is -0.497 e. The molecular weight excluding hydrogens is 342 g/mol. The molecule has 0 spiro atoms. The SMILES string of the molecule is C=C(C)C[C@H]1CC[C@H]2CC[C@](C)(NCc3ccccc3)c3cc(OC)cc1c32. The van der Waals surface area contributed by atoms with E-state index < -0.39 is 0 Å². The van der Waals surface area contributed by atoms with Crippen molar-refractivity contribution in [2.45, 2.75) is 69.9 Å². The summed E-state index contributed by atoms with van der Waals surface area (Å²) in [5.74, 6) is 2.27. The van der Waals surface area contributed by atoms with Crippen molar-refractivity contribution in [3.05, 3.63) is 76.9 Å². The second-order valence-electron chi connectivity index (χ2n) is 9.02. The second kappa shape index (κ2) is 7.75. The van der Waals surface area contributed by atoms with Gasteiger partial charge in [-0.25, -0.2) is 0 Å². The van der Waals surface area contributed by atoms with Gasteiger partial charge in [0, 0.05) is 12.1 Å². The molecule has 0 saturated carbocycles. The van der Waals surface area contributed by atoms with Gasteiger partial charge in [-0.05, 0) is 92.2 Å². The van der Waals surface area contributed by atoms with Crippen LogP contribution in [-0.2, 0) is 12.1 Å². The van der Waals surface area contributed by atoms with Crippen LogP contribution in [0.5, 0.6) is 5.75 Å². The summed E-state index contributed by atoms with van der Waals surface area (Å²) in [5.41, 5.74) is 7.17. The zero-order chi connectivity index (χ0) is 19.7. The zero-order valence-corrected chi connectivity index (χ0v) is 17.6. The molecule has 2 aromatic rings. The Morgan fingerprint density at radius 3 is 2.68 bits per heavy atom. The minimum atomic E-state index is -0.0178. The normalized spacial score (nSPS) is 25.8. The van der Waals surface area contributed by atoms with Crippen LogP contribution in [0.15, 0.2) is 54.6 Å². The van der Waals surface area contributed by atoms with Gasteiger partial charge in [0.2, 0.25) is 0 Å². The topological polar surface area (TPSA) is 21.3 Å². The highest BCUT2D eigenvalue weighted by Crippen LogP contribution is 2.52. The van der Waals surface area contributed by atoms with E-state index in [-0.39, 0.29) is 5.54 Å². The summed E-state index contributed by atoms with van der Waals surface area (Å²) in [6.07, 6.45) is 6.10. The number of rotatable bonds is 6. The van der Waals surface area contributed by atoms with Crippen LogP contribution in [0, 0.1) is 0 Å². The van der Waals surface area contributed by atoms with Gasteiger partial charge in [0.15, 0.2) is 0 Å². The van der Waals surface area contributed by atoms with E-state index in [9.17, 15) is 0 Å². The van der Waals surface area contributed by atoms with Crippen molar-refractivity contribution >= 4 is 0 Å². The van der Waals surface area contributed by atoms with Crippen LogP contribution >= 0.6 is 0 Å². The summed E-state index contributed by atoms with van der Waals surface area (Å²) in [4.78, 5) is 0. The average molecular weight is 376 g/mol. The standard InChI is InChI=1S/C26H33NO/c1-18(2)14-21-11-10-20-12-13-26(3,27-17-19-8-6-5-7-9-19)24-16-22(28-4)15-23(21)25(20)24/h5-9,15-16,20-21,27H,1,10-14,17H2,2-4H3/t20-,21+,26-/m0/s1. The summed E-state index contributed by atoms with van der Waals surface area (Å²) in [6, 6.07) is 15.3. The van der Waals surface area contributed by atoms with Gasteiger partial charge in [-0.15, -0.1) is 6.58 Å². The summed E-state index contributed by atoms with van der Waals surface area (Å²) < 4.78 is 5.74. The average Bonchev–Trinajstić information content (AvgIpc) is 2.71. The molecule has 0 aliphatic heterocycles. The van der Waals surface area contributed by atoms with E-state index >= 15 is 0 Å². The monoisotopic (exact) mass is 375 g/mol. The molecule has 0 saturated heterocycles. The lowest BCUT2D eigenvalue weighted by atomic mass is 9.64. The first kappa shape index (κ1) is 19.3.